The number of halogens is 4. The molecule has 2 unspecified atom stereocenters. The molecule has 2 atom stereocenters. The van der Waals surface area contributed by atoms with Crippen molar-refractivity contribution in [3.63, 3.8) is 0 Å². The Labute approximate surface area is 166 Å². The molecule has 0 heterocycles. The van der Waals surface area contributed by atoms with E-state index in [1.54, 1.807) is 0 Å². The van der Waals surface area contributed by atoms with Crippen molar-refractivity contribution >= 4 is 31.9 Å². The van der Waals surface area contributed by atoms with Crippen LogP contribution in [0, 0.1) is 0 Å². The highest BCUT2D eigenvalue weighted by Crippen LogP contribution is 2.14. The number of hydrogen-bond acceptors (Lipinski definition) is 5. The molecule has 0 bridgehead atoms. The maximum atomic E-state index is 13.5. The van der Waals surface area contributed by atoms with Crippen LogP contribution in [0.15, 0.2) is 0 Å². The zero-order chi connectivity index (χ0) is 19.0. The molecule has 0 fully saturated rings. The topological polar surface area (TPSA) is 46.2 Å². The molecule has 0 amide bonds. The first kappa shape index (κ1) is 25.6. The minimum Gasteiger partial charge on any atom is -0.377 e. The minimum atomic E-state index is -1.35. The predicted molar refractivity (Wildman–Crippen MR) is 101 cm³/mol. The second kappa shape index (κ2) is 15.7. The Morgan fingerprint density at radius 1 is 0.560 bits per heavy atom. The van der Waals surface area contributed by atoms with E-state index >= 15 is 0 Å². The Kier molecular flexibility index (Phi) is 16.0. The van der Waals surface area contributed by atoms with Gasteiger partial charge in [-0.1, -0.05) is 31.9 Å². The van der Waals surface area contributed by atoms with Crippen LogP contribution in [0.25, 0.3) is 0 Å². The van der Waals surface area contributed by atoms with Crippen molar-refractivity contribution in [2.24, 2.45) is 0 Å². The van der Waals surface area contributed by atoms with Gasteiger partial charge in [-0.3, -0.25) is 0 Å². The molecule has 152 valence electrons. The van der Waals surface area contributed by atoms with Crippen molar-refractivity contribution in [1.29, 1.82) is 0 Å². The molecule has 0 N–H and O–H groups in total. The van der Waals surface area contributed by atoms with Gasteiger partial charge in [-0.05, 0) is 13.8 Å². The van der Waals surface area contributed by atoms with Gasteiger partial charge in [0.15, 0.2) is 0 Å². The summed E-state index contributed by atoms with van der Waals surface area (Å²) in [5.41, 5.74) is -2.71. The summed E-state index contributed by atoms with van der Waals surface area (Å²) in [6.45, 7) is 6.33. The lowest BCUT2D eigenvalue weighted by atomic mass is 10.2. The largest absolute Gasteiger partial charge is 0.377 e. The second-order valence-corrected chi connectivity index (χ2v) is 7.16. The van der Waals surface area contributed by atoms with Gasteiger partial charge < -0.3 is 23.7 Å². The average Bonchev–Trinajstić information content (AvgIpc) is 2.58. The Morgan fingerprint density at radius 2 is 0.800 bits per heavy atom. The number of rotatable bonds is 18. The van der Waals surface area contributed by atoms with Crippen LogP contribution in [0.4, 0.5) is 8.78 Å². The van der Waals surface area contributed by atoms with Crippen LogP contribution in [0.2, 0.25) is 0 Å². The molecule has 0 rings (SSSR count). The Bertz CT molecular complexity index is 282. The van der Waals surface area contributed by atoms with E-state index in [4.69, 9.17) is 23.7 Å². The number of ether oxygens (including phenoxy) is 5. The van der Waals surface area contributed by atoms with E-state index in [9.17, 15) is 8.78 Å². The molecule has 0 aliphatic carbocycles. The minimum absolute atomic E-state index is 0.0415. The average molecular weight is 500 g/mol. The smallest absolute Gasteiger partial charge is 0.141 e. The summed E-state index contributed by atoms with van der Waals surface area (Å²) in [6.07, 6.45) is 0. The van der Waals surface area contributed by atoms with Gasteiger partial charge in [0.2, 0.25) is 0 Å². The lowest BCUT2D eigenvalue weighted by Gasteiger charge is -2.17. The molecule has 25 heavy (non-hydrogen) atoms. The van der Waals surface area contributed by atoms with E-state index in [1.807, 2.05) is 0 Å². The third kappa shape index (κ3) is 17.8. The summed E-state index contributed by atoms with van der Waals surface area (Å²) < 4.78 is 53.2. The standard InChI is InChI=1S/C16H30Br2F2O5/c1-15(19,11-17)13-24-9-7-22-5-3-21-4-6-23-8-10-25-14-16(2,20)12-18/h3-14H2,1-2H3. The second-order valence-electron chi connectivity index (χ2n) is 6.04. The van der Waals surface area contributed by atoms with Gasteiger partial charge in [-0.15, -0.1) is 0 Å². The SMILES string of the molecule is CC(F)(CBr)COCCOCCOCCOCCOCC(C)(F)CBr. The van der Waals surface area contributed by atoms with E-state index in [2.05, 4.69) is 31.9 Å². The third-order valence-corrected chi connectivity index (χ3v) is 5.19. The number of alkyl halides is 4. The van der Waals surface area contributed by atoms with E-state index in [-0.39, 0.29) is 23.9 Å². The van der Waals surface area contributed by atoms with E-state index in [1.165, 1.54) is 13.8 Å². The van der Waals surface area contributed by atoms with Crippen LogP contribution in [-0.2, 0) is 23.7 Å². The quantitative estimate of drug-likeness (QED) is 0.214. The summed E-state index contributed by atoms with van der Waals surface area (Å²) in [5.74, 6) is 0. The number of hydrogen-bond donors (Lipinski definition) is 0. The molecular formula is C16H30Br2F2O5. The molecule has 0 aliphatic rings. The van der Waals surface area contributed by atoms with Crippen molar-refractivity contribution < 1.29 is 32.5 Å². The normalized spacial score (nSPS) is 16.6. The van der Waals surface area contributed by atoms with Gasteiger partial charge in [-0.2, -0.15) is 0 Å². The van der Waals surface area contributed by atoms with Crippen LogP contribution in [-0.4, -0.2) is 88.1 Å². The van der Waals surface area contributed by atoms with E-state index in [0.717, 1.165) is 0 Å². The summed E-state index contributed by atoms with van der Waals surface area (Å²) in [5, 5.41) is 0.490. The fourth-order valence-corrected chi connectivity index (χ4v) is 1.75. The lowest BCUT2D eigenvalue weighted by molar-refractivity contribution is -0.0267. The van der Waals surface area contributed by atoms with E-state index in [0.29, 0.717) is 52.9 Å². The fourth-order valence-electron chi connectivity index (χ4n) is 1.42. The highest BCUT2D eigenvalue weighted by Gasteiger charge is 2.21. The van der Waals surface area contributed by atoms with Crippen molar-refractivity contribution in [3.05, 3.63) is 0 Å². The van der Waals surface area contributed by atoms with E-state index < -0.39 is 11.3 Å². The molecule has 0 saturated heterocycles. The van der Waals surface area contributed by atoms with Gasteiger partial charge in [0.05, 0.1) is 66.1 Å². The summed E-state index contributed by atoms with van der Waals surface area (Å²) >= 11 is 6.17. The molecule has 0 aromatic rings. The van der Waals surface area contributed by atoms with Gasteiger partial charge in [0.1, 0.15) is 11.3 Å². The first-order valence-electron chi connectivity index (χ1n) is 8.21. The van der Waals surface area contributed by atoms with Crippen molar-refractivity contribution in [1.82, 2.24) is 0 Å². The summed E-state index contributed by atoms with van der Waals surface area (Å²) in [6, 6.07) is 0. The molecule has 0 aromatic carbocycles. The lowest BCUT2D eigenvalue weighted by Crippen LogP contribution is -2.28. The first-order chi connectivity index (χ1) is 11.8. The van der Waals surface area contributed by atoms with Crippen LogP contribution in [0.3, 0.4) is 0 Å². The van der Waals surface area contributed by atoms with Crippen molar-refractivity contribution in [2.75, 3.05) is 76.7 Å². The van der Waals surface area contributed by atoms with Gasteiger partial charge in [0.25, 0.3) is 0 Å². The Hall–Kier alpha value is 0.620. The maximum Gasteiger partial charge on any atom is 0.141 e. The fraction of sp³-hybridized carbons (Fsp3) is 1.00. The Balaban J connectivity index is 3.17. The van der Waals surface area contributed by atoms with Crippen LogP contribution in [0.1, 0.15) is 13.8 Å². The molecule has 0 saturated carbocycles. The van der Waals surface area contributed by atoms with Gasteiger partial charge in [0, 0.05) is 10.7 Å². The molecular weight excluding hydrogens is 470 g/mol. The summed E-state index contributed by atoms with van der Waals surface area (Å²) in [7, 11) is 0. The molecule has 0 radical (unpaired) electrons. The van der Waals surface area contributed by atoms with Crippen molar-refractivity contribution in [3.8, 4) is 0 Å². The Morgan fingerprint density at radius 3 is 1.04 bits per heavy atom. The maximum absolute atomic E-state index is 13.5. The molecule has 5 nitrogen and oxygen atoms in total. The predicted octanol–water partition coefficient (Wildman–Crippen LogP) is 3.32. The van der Waals surface area contributed by atoms with Crippen LogP contribution < -0.4 is 0 Å². The molecule has 9 heteroatoms. The summed E-state index contributed by atoms with van der Waals surface area (Å²) in [4.78, 5) is 0. The third-order valence-electron chi connectivity index (χ3n) is 2.85. The van der Waals surface area contributed by atoms with Crippen LogP contribution in [0.5, 0.6) is 0 Å². The van der Waals surface area contributed by atoms with Gasteiger partial charge >= 0.3 is 0 Å². The highest BCUT2D eigenvalue weighted by molar-refractivity contribution is 9.09. The highest BCUT2D eigenvalue weighted by atomic mass is 79.9. The molecule has 0 aliphatic heterocycles. The molecule has 0 aromatic heterocycles. The van der Waals surface area contributed by atoms with Gasteiger partial charge in [-0.25, -0.2) is 8.78 Å². The molecule has 0 spiro atoms. The van der Waals surface area contributed by atoms with Crippen LogP contribution >= 0.6 is 31.9 Å². The first-order valence-corrected chi connectivity index (χ1v) is 10.5. The van der Waals surface area contributed by atoms with Crippen molar-refractivity contribution in [2.45, 2.75) is 25.2 Å². The monoisotopic (exact) mass is 498 g/mol. The zero-order valence-electron chi connectivity index (χ0n) is 15.0. The zero-order valence-corrected chi connectivity index (χ0v) is 18.2.